The molecule has 1 aliphatic rings. The summed E-state index contributed by atoms with van der Waals surface area (Å²) in [7, 11) is 0. The molecule has 136 valence electrons. The molecule has 0 fully saturated rings. The Hall–Kier alpha value is -3.48. The lowest BCUT2D eigenvalue weighted by atomic mass is 9.88. The number of amides is 1. The standard InChI is InChI=1S/C20H14F2N2O3/c21-12-6-4-11(5-7-12)15-9-17(25)23-18-16(20(26)27)10-24(19(15)18)14-3-1-2-13(22)8-14/h1-8,10,15H,9H2,(H,23,25)(H,26,27)/t15-/m1/s1. The molecule has 0 bridgehead atoms. The number of fused-ring (bicyclic) bond motifs is 1. The van der Waals surface area contributed by atoms with Crippen LogP contribution in [0.1, 0.15) is 34.0 Å². The van der Waals surface area contributed by atoms with Gasteiger partial charge in [0, 0.05) is 24.2 Å². The van der Waals surface area contributed by atoms with Crippen LogP contribution in [0.3, 0.4) is 0 Å². The molecule has 2 aromatic carbocycles. The fraction of sp³-hybridized carbons (Fsp3) is 0.100. The Morgan fingerprint density at radius 3 is 2.52 bits per heavy atom. The fourth-order valence-electron chi connectivity index (χ4n) is 3.44. The van der Waals surface area contributed by atoms with Crippen molar-refractivity contribution in [3.8, 4) is 5.69 Å². The summed E-state index contributed by atoms with van der Waals surface area (Å²) in [6.45, 7) is 0. The quantitative estimate of drug-likeness (QED) is 0.736. The maximum Gasteiger partial charge on any atom is 0.339 e. The monoisotopic (exact) mass is 368 g/mol. The number of aromatic carboxylic acids is 1. The smallest absolute Gasteiger partial charge is 0.339 e. The van der Waals surface area contributed by atoms with Crippen molar-refractivity contribution in [2.75, 3.05) is 5.32 Å². The zero-order chi connectivity index (χ0) is 19.1. The molecular weight excluding hydrogens is 354 g/mol. The lowest BCUT2D eigenvalue weighted by molar-refractivity contribution is -0.116. The van der Waals surface area contributed by atoms with E-state index in [9.17, 15) is 23.5 Å². The minimum atomic E-state index is -1.21. The number of halogens is 2. The van der Waals surface area contributed by atoms with Crippen LogP contribution in [0, 0.1) is 11.6 Å². The minimum Gasteiger partial charge on any atom is -0.478 e. The maximum absolute atomic E-state index is 13.7. The summed E-state index contributed by atoms with van der Waals surface area (Å²) in [5, 5.41) is 12.2. The number of nitrogens with one attached hydrogen (secondary N) is 1. The van der Waals surface area contributed by atoms with Gasteiger partial charge in [-0.1, -0.05) is 18.2 Å². The van der Waals surface area contributed by atoms with Gasteiger partial charge in [0.05, 0.1) is 11.4 Å². The third kappa shape index (κ3) is 2.97. The average molecular weight is 368 g/mol. The molecule has 5 nitrogen and oxygen atoms in total. The Kier molecular flexibility index (Phi) is 3.99. The maximum atomic E-state index is 13.7. The van der Waals surface area contributed by atoms with Gasteiger partial charge < -0.3 is 15.0 Å². The highest BCUT2D eigenvalue weighted by atomic mass is 19.1. The molecular formula is C20H14F2N2O3. The molecule has 1 amide bonds. The van der Waals surface area contributed by atoms with Crippen LogP contribution < -0.4 is 5.32 Å². The molecule has 0 saturated heterocycles. The number of aromatic nitrogens is 1. The van der Waals surface area contributed by atoms with Gasteiger partial charge in [-0.15, -0.1) is 0 Å². The van der Waals surface area contributed by atoms with Gasteiger partial charge in [0.15, 0.2) is 0 Å². The number of carboxylic acid groups (broad SMARTS) is 1. The third-order valence-corrected chi connectivity index (χ3v) is 4.62. The van der Waals surface area contributed by atoms with Gasteiger partial charge in [-0.2, -0.15) is 0 Å². The first-order chi connectivity index (χ1) is 12.9. The summed E-state index contributed by atoms with van der Waals surface area (Å²) in [6.07, 6.45) is 1.43. The van der Waals surface area contributed by atoms with E-state index in [0.29, 0.717) is 16.9 Å². The van der Waals surface area contributed by atoms with Crippen LogP contribution in [0.4, 0.5) is 14.5 Å². The zero-order valence-corrected chi connectivity index (χ0v) is 13.9. The molecule has 0 radical (unpaired) electrons. The zero-order valence-electron chi connectivity index (χ0n) is 13.9. The van der Waals surface area contributed by atoms with Crippen LogP contribution in [0.2, 0.25) is 0 Å². The first-order valence-electron chi connectivity index (χ1n) is 8.24. The summed E-state index contributed by atoms with van der Waals surface area (Å²) in [4.78, 5) is 23.9. The van der Waals surface area contributed by atoms with Crippen molar-refractivity contribution < 1.29 is 23.5 Å². The molecule has 0 unspecified atom stereocenters. The van der Waals surface area contributed by atoms with E-state index in [0.717, 1.165) is 0 Å². The Labute approximate surface area is 152 Å². The van der Waals surface area contributed by atoms with Gasteiger partial charge >= 0.3 is 5.97 Å². The number of nitrogens with zero attached hydrogens (tertiary/aromatic N) is 1. The van der Waals surface area contributed by atoms with Crippen LogP contribution in [-0.2, 0) is 4.79 Å². The normalized spacial score (nSPS) is 15.9. The molecule has 7 heteroatoms. The van der Waals surface area contributed by atoms with Gasteiger partial charge in [0.1, 0.15) is 17.2 Å². The van der Waals surface area contributed by atoms with E-state index in [4.69, 9.17) is 0 Å². The predicted octanol–water partition coefficient (Wildman–Crippen LogP) is 3.93. The molecule has 0 aliphatic carbocycles. The average Bonchev–Trinajstić information content (AvgIpc) is 3.01. The Morgan fingerprint density at radius 2 is 1.85 bits per heavy atom. The van der Waals surface area contributed by atoms with E-state index in [-0.39, 0.29) is 23.6 Å². The number of hydrogen-bond donors (Lipinski definition) is 2. The van der Waals surface area contributed by atoms with Gasteiger partial charge in [-0.05, 0) is 35.9 Å². The second kappa shape index (κ2) is 6.35. The highest BCUT2D eigenvalue weighted by molar-refractivity contribution is 6.04. The number of anilines is 1. The van der Waals surface area contributed by atoms with Crippen molar-refractivity contribution in [3.05, 3.63) is 83.2 Å². The highest BCUT2D eigenvalue weighted by Crippen LogP contribution is 2.41. The van der Waals surface area contributed by atoms with Crippen molar-refractivity contribution in [2.24, 2.45) is 0 Å². The third-order valence-electron chi connectivity index (χ3n) is 4.62. The van der Waals surface area contributed by atoms with Crippen LogP contribution in [-0.4, -0.2) is 21.6 Å². The molecule has 4 rings (SSSR count). The number of carboxylic acids is 1. The summed E-state index contributed by atoms with van der Waals surface area (Å²) in [5.41, 5.74) is 1.71. The molecule has 2 N–H and O–H groups in total. The number of carbonyl (C=O) groups is 2. The summed E-state index contributed by atoms with van der Waals surface area (Å²) in [5.74, 6) is -2.92. The Morgan fingerprint density at radius 1 is 1.11 bits per heavy atom. The van der Waals surface area contributed by atoms with Crippen molar-refractivity contribution in [1.82, 2.24) is 4.57 Å². The van der Waals surface area contributed by atoms with E-state index in [2.05, 4.69) is 5.32 Å². The van der Waals surface area contributed by atoms with E-state index in [1.807, 2.05) is 0 Å². The highest BCUT2D eigenvalue weighted by Gasteiger charge is 2.34. The fourth-order valence-corrected chi connectivity index (χ4v) is 3.44. The molecule has 3 aromatic rings. The second-order valence-electron chi connectivity index (χ2n) is 6.31. The summed E-state index contributed by atoms with van der Waals surface area (Å²) in [6, 6.07) is 11.4. The lowest BCUT2D eigenvalue weighted by Crippen LogP contribution is -2.25. The number of benzene rings is 2. The number of hydrogen-bond acceptors (Lipinski definition) is 2. The molecule has 27 heavy (non-hydrogen) atoms. The summed E-state index contributed by atoms with van der Waals surface area (Å²) < 4.78 is 28.6. The predicted molar refractivity (Wildman–Crippen MR) is 94.2 cm³/mol. The van der Waals surface area contributed by atoms with Crippen molar-refractivity contribution in [2.45, 2.75) is 12.3 Å². The minimum absolute atomic E-state index is 0.0665. The van der Waals surface area contributed by atoms with E-state index in [1.54, 1.807) is 22.8 Å². The number of rotatable bonds is 3. The van der Waals surface area contributed by atoms with Gasteiger partial charge in [0.25, 0.3) is 0 Å². The summed E-state index contributed by atoms with van der Waals surface area (Å²) >= 11 is 0. The van der Waals surface area contributed by atoms with Gasteiger partial charge in [0.2, 0.25) is 5.91 Å². The first-order valence-corrected chi connectivity index (χ1v) is 8.24. The van der Waals surface area contributed by atoms with Gasteiger partial charge in [-0.3, -0.25) is 4.79 Å². The molecule has 1 atom stereocenters. The second-order valence-corrected chi connectivity index (χ2v) is 6.31. The van der Waals surface area contributed by atoms with E-state index in [1.165, 1.54) is 36.5 Å². The SMILES string of the molecule is O=C1C[C@H](c2ccc(F)cc2)c2c(c(C(=O)O)cn2-c2cccc(F)c2)N1. The van der Waals surface area contributed by atoms with Crippen LogP contribution in [0.15, 0.2) is 54.7 Å². The molecule has 0 saturated carbocycles. The Balaban J connectivity index is 1.97. The van der Waals surface area contributed by atoms with Crippen LogP contribution >= 0.6 is 0 Å². The largest absolute Gasteiger partial charge is 0.478 e. The van der Waals surface area contributed by atoms with Crippen molar-refractivity contribution in [3.63, 3.8) is 0 Å². The van der Waals surface area contributed by atoms with E-state index >= 15 is 0 Å². The molecule has 1 aromatic heterocycles. The van der Waals surface area contributed by atoms with Gasteiger partial charge in [-0.25, -0.2) is 13.6 Å². The van der Waals surface area contributed by atoms with Crippen molar-refractivity contribution >= 4 is 17.6 Å². The lowest BCUT2D eigenvalue weighted by Gasteiger charge is -2.26. The molecule has 1 aliphatic heterocycles. The van der Waals surface area contributed by atoms with Crippen molar-refractivity contribution in [1.29, 1.82) is 0 Å². The Bertz CT molecular complexity index is 1060. The molecule has 0 spiro atoms. The van der Waals surface area contributed by atoms with Crippen LogP contribution in [0.5, 0.6) is 0 Å². The topological polar surface area (TPSA) is 71.3 Å². The first kappa shape index (κ1) is 17.0. The number of carbonyl (C=O) groups excluding carboxylic acids is 1. The van der Waals surface area contributed by atoms with E-state index < -0.39 is 23.5 Å². The molecule has 2 heterocycles. The van der Waals surface area contributed by atoms with Crippen LogP contribution in [0.25, 0.3) is 5.69 Å².